The zero-order valence-electron chi connectivity index (χ0n) is 20.8. The molecule has 1 N–H and O–H groups in total. The molecule has 190 valence electrons. The Kier molecular flexibility index (Phi) is 8.55. The van der Waals surface area contributed by atoms with Gasteiger partial charge in [-0.1, -0.05) is 29.8 Å². The molecule has 3 aromatic carbocycles. The molecule has 0 saturated heterocycles. The van der Waals surface area contributed by atoms with E-state index in [1.165, 1.54) is 39.7 Å². The van der Waals surface area contributed by atoms with Gasteiger partial charge in [0.05, 0.1) is 38.1 Å². The van der Waals surface area contributed by atoms with Crippen molar-refractivity contribution in [3.63, 3.8) is 0 Å². The number of anilines is 1. The number of amides is 1. The van der Waals surface area contributed by atoms with Crippen LogP contribution in [0.15, 0.2) is 70.7 Å². The average Bonchev–Trinajstić information content (AvgIpc) is 2.87. The summed E-state index contributed by atoms with van der Waals surface area (Å²) < 4.78 is 44.3. The third-order valence-corrected chi connectivity index (χ3v) is 7.10. The highest BCUT2D eigenvalue weighted by Gasteiger charge is 2.29. The van der Waals surface area contributed by atoms with Crippen LogP contribution in [0.3, 0.4) is 0 Å². The molecule has 9 nitrogen and oxygen atoms in total. The average molecular weight is 512 g/mol. The Hall–Kier alpha value is -4.05. The summed E-state index contributed by atoms with van der Waals surface area (Å²) in [4.78, 5) is 12.9. The Morgan fingerprint density at radius 3 is 2.22 bits per heavy atom. The molecule has 0 aromatic heterocycles. The lowest BCUT2D eigenvalue weighted by Crippen LogP contribution is -2.39. The molecule has 0 radical (unpaired) electrons. The molecule has 1 amide bonds. The highest BCUT2D eigenvalue weighted by molar-refractivity contribution is 7.92. The molecule has 3 aromatic rings. The van der Waals surface area contributed by atoms with E-state index in [-0.39, 0.29) is 10.6 Å². The summed E-state index contributed by atoms with van der Waals surface area (Å²) in [5.41, 5.74) is 4.92. The van der Waals surface area contributed by atoms with Crippen molar-refractivity contribution in [3.8, 4) is 17.2 Å². The van der Waals surface area contributed by atoms with Crippen molar-refractivity contribution >= 4 is 27.8 Å². The predicted molar refractivity (Wildman–Crippen MR) is 139 cm³/mol. The molecule has 0 aliphatic carbocycles. The molecular weight excluding hydrogens is 482 g/mol. The third kappa shape index (κ3) is 5.95. The third-order valence-electron chi connectivity index (χ3n) is 5.33. The molecule has 0 spiro atoms. The van der Waals surface area contributed by atoms with E-state index in [4.69, 9.17) is 14.2 Å². The SMILES string of the molecule is COc1ccc(C)cc1N(CC(=O)N/N=C\c1cccc(OC)c1OC)S(=O)(=O)c1ccc(C)cc1. The van der Waals surface area contributed by atoms with Crippen molar-refractivity contribution in [2.24, 2.45) is 5.10 Å². The zero-order valence-corrected chi connectivity index (χ0v) is 21.6. The minimum atomic E-state index is -4.11. The number of carbonyl (C=O) groups is 1. The summed E-state index contributed by atoms with van der Waals surface area (Å²) in [6.07, 6.45) is 1.39. The minimum Gasteiger partial charge on any atom is -0.495 e. The quantitative estimate of drug-likeness (QED) is 0.329. The molecule has 0 heterocycles. The van der Waals surface area contributed by atoms with Crippen LogP contribution in [-0.2, 0) is 14.8 Å². The summed E-state index contributed by atoms with van der Waals surface area (Å²) in [7, 11) is 0.347. The van der Waals surface area contributed by atoms with E-state index in [1.807, 2.05) is 13.8 Å². The smallest absolute Gasteiger partial charge is 0.264 e. The normalized spacial score (nSPS) is 11.2. The summed E-state index contributed by atoms with van der Waals surface area (Å²) in [5.74, 6) is 0.627. The molecule has 0 fully saturated rings. The van der Waals surface area contributed by atoms with E-state index in [0.29, 0.717) is 22.8 Å². The van der Waals surface area contributed by atoms with Crippen molar-refractivity contribution in [2.45, 2.75) is 18.7 Å². The van der Waals surface area contributed by atoms with Gasteiger partial charge in [-0.25, -0.2) is 13.8 Å². The molecule has 36 heavy (non-hydrogen) atoms. The maximum absolute atomic E-state index is 13.6. The minimum absolute atomic E-state index is 0.0501. The molecule has 0 saturated carbocycles. The lowest BCUT2D eigenvalue weighted by atomic mass is 10.2. The van der Waals surface area contributed by atoms with Gasteiger partial charge >= 0.3 is 0 Å². The van der Waals surface area contributed by atoms with Crippen molar-refractivity contribution in [2.75, 3.05) is 32.2 Å². The maximum Gasteiger partial charge on any atom is 0.264 e. The number of aryl methyl sites for hydroxylation is 2. The summed E-state index contributed by atoms with van der Waals surface area (Å²) in [5, 5.41) is 3.99. The van der Waals surface area contributed by atoms with Crippen molar-refractivity contribution in [3.05, 3.63) is 77.4 Å². The van der Waals surface area contributed by atoms with Crippen LogP contribution in [-0.4, -0.2) is 48.4 Å². The van der Waals surface area contributed by atoms with Crippen LogP contribution in [0.1, 0.15) is 16.7 Å². The molecule has 0 atom stereocenters. The monoisotopic (exact) mass is 511 g/mol. The van der Waals surface area contributed by atoms with Gasteiger partial charge < -0.3 is 14.2 Å². The second-order valence-corrected chi connectivity index (χ2v) is 9.74. The number of rotatable bonds is 10. The Morgan fingerprint density at radius 1 is 0.917 bits per heavy atom. The van der Waals surface area contributed by atoms with Crippen LogP contribution < -0.4 is 23.9 Å². The van der Waals surface area contributed by atoms with Crippen LogP contribution in [0.2, 0.25) is 0 Å². The first-order valence-corrected chi connectivity index (χ1v) is 12.4. The van der Waals surface area contributed by atoms with E-state index in [0.717, 1.165) is 15.4 Å². The highest BCUT2D eigenvalue weighted by atomic mass is 32.2. The number of benzene rings is 3. The van der Waals surface area contributed by atoms with Gasteiger partial charge in [0, 0.05) is 5.56 Å². The Labute approximate surface area is 211 Å². The number of ether oxygens (including phenoxy) is 3. The van der Waals surface area contributed by atoms with Gasteiger partial charge in [-0.05, 0) is 55.8 Å². The fourth-order valence-electron chi connectivity index (χ4n) is 3.49. The Morgan fingerprint density at radius 2 is 1.58 bits per heavy atom. The Bertz CT molecular complexity index is 1350. The first-order chi connectivity index (χ1) is 17.2. The first kappa shape index (κ1) is 26.6. The zero-order chi connectivity index (χ0) is 26.3. The molecule has 0 bridgehead atoms. The fraction of sp³-hybridized carbons (Fsp3) is 0.231. The number of para-hydroxylation sites is 1. The van der Waals surface area contributed by atoms with Gasteiger partial charge in [-0.3, -0.25) is 9.10 Å². The molecule has 3 rings (SSSR count). The number of methoxy groups -OCH3 is 3. The topological polar surface area (TPSA) is 107 Å². The summed E-state index contributed by atoms with van der Waals surface area (Å²) in [6, 6.07) is 16.7. The van der Waals surface area contributed by atoms with Gasteiger partial charge in [-0.2, -0.15) is 5.10 Å². The molecular formula is C26H29N3O6S. The molecule has 0 unspecified atom stereocenters. The first-order valence-electron chi connectivity index (χ1n) is 11.0. The lowest BCUT2D eigenvalue weighted by molar-refractivity contribution is -0.119. The van der Waals surface area contributed by atoms with E-state index in [1.54, 1.807) is 48.5 Å². The summed E-state index contributed by atoms with van der Waals surface area (Å²) in [6.45, 7) is 3.16. The van der Waals surface area contributed by atoms with Crippen LogP contribution in [0, 0.1) is 13.8 Å². The lowest BCUT2D eigenvalue weighted by Gasteiger charge is -2.25. The van der Waals surface area contributed by atoms with E-state index in [2.05, 4.69) is 10.5 Å². The van der Waals surface area contributed by atoms with Crippen LogP contribution >= 0.6 is 0 Å². The van der Waals surface area contributed by atoms with Crippen LogP contribution in [0.25, 0.3) is 0 Å². The standard InChI is InChI=1S/C26H29N3O6S/c1-18-9-12-21(13-10-18)36(31,32)29(22-15-19(2)11-14-23(22)33-3)17-25(30)28-27-16-20-7-6-8-24(34-4)26(20)35-5/h6-16H,17H2,1-5H3,(H,28,30)/b27-16-. The summed E-state index contributed by atoms with van der Waals surface area (Å²) >= 11 is 0. The Balaban J connectivity index is 1.93. The van der Waals surface area contributed by atoms with Crippen molar-refractivity contribution in [1.82, 2.24) is 5.43 Å². The van der Waals surface area contributed by atoms with Gasteiger partial charge in [0.15, 0.2) is 11.5 Å². The number of hydrogen-bond acceptors (Lipinski definition) is 7. The number of nitrogens with zero attached hydrogens (tertiary/aromatic N) is 2. The number of sulfonamides is 1. The molecule has 10 heteroatoms. The highest BCUT2D eigenvalue weighted by Crippen LogP contribution is 2.33. The molecule has 0 aliphatic heterocycles. The van der Waals surface area contributed by atoms with Gasteiger partial charge in [0.2, 0.25) is 0 Å². The van der Waals surface area contributed by atoms with E-state index in [9.17, 15) is 13.2 Å². The van der Waals surface area contributed by atoms with E-state index < -0.39 is 22.5 Å². The fourth-order valence-corrected chi connectivity index (χ4v) is 4.91. The van der Waals surface area contributed by atoms with Gasteiger partial charge in [0.1, 0.15) is 12.3 Å². The molecule has 0 aliphatic rings. The number of hydrazone groups is 1. The second kappa shape index (κ2) is 11.6. The largest absolute Gasteiger partial charge is 0.495 e. The van der Waals surface area contributed by atoms with Crippen molar-refractivity contribution < 1.29 is 27.4 Å². The van der Waals surface area contributed by atoms with Crippen LogP contribution in [0.4, 0.5) is 5.69 Å². The van der Waals surface area contributed by atoms with Gasteiger partial charge in [-0.15, -0.1) is 0 Å². The van der Waals surface area contributed by atoms with Gasteiger partial charge in [0.25, 0.3) is 15.9 Å². The van der Waals surface area contributed by atoms with E-state index >= 15 is 0 Å². The number of hydrogen-bond donors (Lipinski definition) is 1. The van der Waals surface area contributed by atoms with Crippen LogP contribution in [0.5, 0.6) is 17.2 Å². The number of carbonyl (C=O) groups excluding carboxylic acids is 1. The predicted octanol–water partition coefficient (Wildman–Crippen LogP) is 3.67. The second-order valence-electron chi connectivity index (χ2n) is 7.88. The number of nitrogens with one attached hydrogen (secondary N) is 1. The maximum atomic E-state index is 13.6. The van der Waals surface area contributed by atoms with Crippen molar-refractivity contribution in [1.29, 1.82) is 0 Å².